The normalized spacial score (nSPS) is 9.08. The monoisotopic (exact) mass is 2300 g/mol. The van der Waals surface area contributed by atoms with E-state index in [0.717, 1.165) is 84.6 Å². The van der Waals surface area contributed by atoms with Gasteiger partial charge in [0.25, 0.3) is 22.8 Å². The van der Waals surface area contributed by atoms with Gasteiger partial charge in [-0.15, -0.1) is 0 Å². The summed E-state index contributed by atoms with van der Waals surface area (Å²) in [7, 11) is 0. The van der Waals surface area contributed by atoms with Crippen LogP contribution in [0.1, 0.15) is 109 Å². The molecule has 34 heteroatoms. The summed E-state index contributed by atoms with van der Waals surface area (Å²) in [5, 5.41) is 29.3. The van der Waals surface area contributed by atoms with E-state index >= 15 is 0 Å². The maximum absolute atomic E-state index is 7.32. The van der Waals surface area contributed by atoms with Gasteiger partial charge >= 0.3 is 0 Å². The van der Waals surface area contributed by atoms with Crippen LogP contribution in [0.3, 0.4) is 0 Å². The Labute approximate surface area is 725 Å². The van der Waals surface area contributed by atoms with Gasteiger partial charge in [0.2, 0.25) is 0 Å². The molecule has 0 saturated carbocycles. The van der Waals surface area contributed by atoms with Crippen molar-refractivity contribution in [1.82, 2.24) is 109 Å². The van der Waals surface area contributed by atoms with Crippen LogP contribution in [0.4, 0.5) is 0 Å². The molecule has 2 radical (unpaired) electrons. The van der Waals surface area contributed by atoms with Gasteiger partial charge in [0, 0.05) is 329 Å². The molecule has 0 fully saturated rings. The van der Waals surface area contributed by atoms with E-state index < -0.39 is 0 Å². The van der Waals surface area contributed by atoms with Gasteiger partial charge in [0.05, 0.1) is 69.8 Å². The summed E-state index contributed by atoms with van der Waals surface area (Å²) in [6.07, 6.45) is 43.6. The number of nitrogens with zero attached hydrogens (tertiary/aromatic N) is 26. The molecule has 26 nitrogen and oxygen atoms in total. The number of hydrogen-bond donors (Lipinski definition) is 0. The first-order valence-electron chi connectivity index (χ1n) is 27.9. The summed E-state index contributed by atoms with van der Waals surface area (Å²) in [6, 6.07) is 7.00. The maximum atomic E-state index is 7.32. The average Bonchev–Trinajstić information content (AvgIpc) is 1.24. The number of hydrogen-bond acceptors (Lipinski definition) is 24. The zero-order valence-electron chi connectivity index (χ0n) is 54.2. The van der Waals surface area contributed by atoms with Crippen LogP contribution in [-0.4, -0.2) is 126 Å². The van der Waals surface area contributed by atoms with Crippen LogP contribution in [0.5, 0.6) is 0 Å². The average molecular weight is 2300 g/mol. The van der Waals surface area contributed by atoms with E-state index in [4.69, 9.17) is 21.0 Å². The summed E-state index contributed by atoms with van der Waals surface area (Å²) < 4.78 is 0. The topological polar surface area (TPSA) is 343 Å². The third kappa shape index (κ3) is 53.3. The fraction of sp³-hybridized carbons (Fsp3) is 0.355. The summed E-state index contributed by atoms with van der Waals surface area (Å²) >= 11 is 0. The van der Waals surface area contributed by atoms with Crippen molar-refractivity contribution in [2.75, 3.05) is 26.2 Å². The molecule has 10 aromatic rings. The Morgan fingerprint density at radius 3 is 0.479 bits per heavy atom. The Bertz CT molecular complexity index is 2790. The van der Waals surface area contributed by atoms with Crippen LogP contribution in [0, 0.1) is 147 Å². The first-order valence-corrected chi connectivity index (χ1v) is 27.9. The minimum absolute atomic E-state index is 0. The van der Waals surface area contributed by atoms with E-state index in [0.29, 0.717) is 52.4 Å². The fourth-order valence-corrected chi connectivity index (χ4v) is 7.46. The molecule has 10 aromatic heterocycles. The predicted molar refractivity (Wildman–Crippen MR) is 328 cm³/mol. The van der Waals surface area contributed by atoms with Crippen molar-refractivity contribution in [1.29, 1.82) is 21.0 Å². The first-order chi connectivity index (χ1) is 43.0. The van der Waals surface area contributed by atoms with E-state index in [1.807, 2.05) is 27.7 Å². The maximum Gasteiger partial charge on any atom is 0.255 e. The molecule has 0 unspecified atom stereocenters. The number of halogens is 6. The summed E-state index contributed by atoms with van der Waals surface area (Å²) in [4.78, 5) is 86.1. The summed E-state index contributed by atoms with van der Waals surface area (Å²) in [5.41, 5.74) is 12.3. The molecule has 0 aromatic carbocycles. The minimum atomic E-state index is 0. The first kappa shape index (κ1) is 103. The Balaban J connectivity index is -0.000000301. The second-order valence-corrected chi connectivity index (χ2v) is 18.6. The SMILES string of the molecule is CC#N.CC#N.CC#N.CC#N.C[c+]1[n-][c+]1C.C[c+]1[n-][c+]1C.[I-].[I-].[I-].[I-].[I-].[I-].[Lu].[Lu].c1cnc(CN(CCCN(Cc2cnccn2)Cc2cnccn2)Cc2cnccn2)cn1.c1cnc(CN(CCCN(Cc2cnccn2)Cc2cnccn2)Cc2cnccn2)cn1. The molecule has 0 bridgehead atoms. The Kier molecular flexibility index (Phi) is 73.8. The molecule has 10 rings (SSSR count). The molecule has 0 saturated heterocycles. The smallest absolute Gasteiger partial charge is 0.255 e. The molecule has 0 aliphatic carbocycles. The van der Waals surface area contributed by atoms with E-state index in [1.165, 1.54) is 50.5 Å². The zero-order chi connectivity index (χ0) is 63.7. The molecule has 0 spiro atoms. The van der Waals surface area contributed by atoms with Crippen LogP contribution in [-0.2, 0) is 52.4 Å². The van der Waals surface area contributed by atoms with Crippen molar-refractivity contribution >= 4 is 0 Å². The van der Waals surface area contributed by atoms with Gasteiger partial charge in [0.15, 0.2) is 0 Å². The zero-order valence-corrected chi connectivity index (χ0v) is 70.4. The Morgan fingerprint density at radius 2 is 0.396 bits per heavy atom. The van der Waals surface area contributed by atoms with Crippen LogP contribution in [0.15, 0.2) is 149 Å². The second-order valence-electron chi connectivity index (χ2n) is 18.6. The number of aryl methyl sites for hydroxylation is 4. The van der Waals surface area contributed by atoms with E-state index in [1.54, 1.807) is 173 Å². The van der Waals surface area contributed by atoms with Gasteiger partial charge in [-0.3, -0.25) is 99.3 Å². The fourth-order valence-electron chi connectivity index (χ4n) is 7.46. The third-order valence-corrected chi connectivity index (χ3v) is 11.5. The Morgan fingerprint density at radius 1 is 0.281 bits per heavy atom. The molecule has 0 amide bonds. The molecule has 530 valence electrons. The molecule has 0 N–H and O–H groups in total. The van der Waals surface area contributed by atoms with Crippen molar-refractivity contribution in [2.45, 2.75) is 121 Å². The van der Waals surface area contributed by atoms with Crippen LogP contribution in [0.2, 0.25) is 0 Å². The summed E-state index contributed by atoms with van der Waals surface area (Å²) in [5.74, 6) is 0. The van der Waals surface area contributed by atoms with Gasteiger partial charge in [-0.25, -0.2) is 9.97 Å². The van der Waals surface area contributed by atoms with Crippen LogP contribution < -0.4 is 154 Å². The number of aromatic nitrogens is 18. The molecule has 96 heavy (non-hydrogen) atoms. The number of nitriles is 4. The van der Waals surface area contributed by atoms with E-state index in [2.05, 4.69) is 109 Å². The van der Waals surface area contributed by atoms with Crippen LogP contribution >= 0.6 is 0 Å². The quantitative estimate of drug-likeness (QED) is 0.0400. The summed E-state index contributed by atoms with van der Waals surface area (Å²) in [6.45, 7) is 22.8. The third-order valence-electron chi connectivity index (χ3n) is 11.5. The van der Waals surface area contributed by atoms with Crippen molar-refractivity contribution in [3.8, 4) is 24.3 Å². The second kappa shape index (κ2) is 68.5. The van der Waals surface area contributed by atoms with Crippen molar-refractivity contribution in [3.05, 3.63) is 217 Å². The van der Waals surface area contributed by atoms with Gasteiger partial charge in [0.1, 0.15) is 27.7 Å². The molecular weight excluding hydrogens is 2220 g/mol. The predicted octanol–water partition coefficient (Wildman–Crippen LogP) is -10.6. The molecule has 10 heterocycles. The van der Waals surface area contributed by atoms with Gasteiger partial charge in [-0.1, -0.05) is 0 Å². The molecule has 0 atom stereocenters. The molecular formula is C62H76I6Lu2N26-4. The molecule has 0 aliphatic heterocycles. The van der Waals surface area contributed by atoms with Crippen LogP contribution in [0.25, 0.3) is 0 Å². The van der Waals surface area contributed by atoms with Crippen molar-refractivity contribution in [3.63, 3.8) is 0 Å². The largest absolute Gasteiger partial charge is 1.00 e. The van der Waals surface area contributed by atoms with Gasteiger partial charge in [-0.2, -0.15) is 21.0 Å². The van der Waals surface area contributed by atoms with Crippen molar-refractivity contribution in [2.24, 2.45) is 0 Å². The van der Waals surface area contributed by atoms with E-state index in [9.17, 15) is 0 Å². The van der Waals surface area contributed by atoms with Gasteiger partial charge < -0.3 is 144 Å². The number of rotatable bonds is 24. The Hall–Kier alpha value is -3.63. The van der Waals surface area contributed by atoms with E-state index in [-0.39, 0.29) is 218 Å². The van der Waals surface area contributed by atoms with Gasteiger partial charge in [-0.05, 0) is 12.8 Å². The molecule has 0 aliphatic rings. The minimum Gasteiger partial charge on any atom is -1.00 e. The standard InChI is InChI=1S/2C23H26N10.2C4H6N.4C2H3N.6HI.2Lu/c2*1(10-32(16-20-12-24-2-6-28-20)17-21-13-25-3-7-29-21)11-33(18-22-14-26-4-8-30-22)19-23-15-27-5-9-31-23;2*1-3-4(2)5-3;4*1-2-3;;;;;;;;/h2*2-9,12-15H,1,10-11,16-19H2;2*1-2H3;4*1H3;6*1H;;/q;;2*+1;;;;;;;;;;;;/p-6. The van der Waals surface area contributed by atoms with Crippen molar-refractivity contribution < 1.29 is 218 Å².